The number of para-hydroxylation sites is 2. The molecule has 0 atom stereocenters. The van der Waals surface area contributed by atoms with Gasteiger partial charge in [0.15, 0.2) is 5.76 Å². The van der Waals surface area contributed by atoms with E-state index in [1.54, 1.807) is 0 Å². The largest absolute Gasteiger partial charge is 0.507 e. The van der Waals surface area contributed by atoms with Crippen LogP contribution in [0.5, 0.6) is 5.75 Å². The van der Waals surface area contributed by atoms with Gasteiger partial charge in [0.2, 0.25) is 0 Å². The lowest BCUT2D eigenvalue weighted by Crippen LogP contribution is -1.93. The second-order valence-electron chi connectivity index (χ2n) is 8.46. The van der Waals surface area contributed by atoms with Gasteiger partial charge < -0.3 is 9.52 Å². The molecule has 3 heterocycles. The summed E-state index contributed by atoms with van der Waals surface area (Å²) in [5.74, 6) is 0.919. The summed E-state index contributed by atoms with van der Waals surface area (Å²) >= 11 is 0. The van der Waals surface area contributed by atoms with E-state index in [2.05, 4.69) is 10.2 Å². The van der Waals surface area contributed by atoms with Gasteiger partial charge in [-0.15, -0.1) is 0 Å². The van der Waals surface area contributed by atoms with Crippen LogP contribution in [0.3, 0.4) is 0 Å². The zero-order valence-electron chi connectivity index (χ0n) is 18.8. The number of aromatic nitrogens is 4. The van der Waals surface area contributed by atoms with E-state index < -0.39 is 0 Å². The minimum atomic E-state index is 0.248. The summed E-state index contributed by atoms with van der Waals surface area (Å²) in [5, 5.41) is 24.2. The second kappa shape index (κ2) is 7.78. The van der Waals surface area contributed by atoms with Crippen molar-refractivity contribution in [2.45, 2.75) is 13.8 Å². The van der Waals surface area contributed by atoms with Crippen LogP contribution < -0.4 is 0 Å². The van der Waals surface area contributed by atoms with E-state index in [4.69, 9.17) is 9.52 Å². The summed E-state index contributed by atoms with van der Waals surface area (Å²) < 4.78 is 7.99. The summed E-state index contributed by atoms with van der Waals surface area (Å²) in [6, 6.07) is 25.7. The van der Waals surface area contributed by atoms with Crippen molar-refractivity contribution >= 4 is 11.0 Å². The van der Waals surface area contributed by atoms with Gasteiger partial charge >= 0.3 is 0 Å². The third-order valence-corrected chi connectivity index (χ3v) is 5.98. The van der Waals surface area contributed by atoms with E-state index in [0.29, 0.717) is 17.1 Å². The lowest BCUT2D eigenvalue weighted by Gasteiger charge is -2.06. The zero-order valence-corrected chi connectivity index (χ0v) is 18.8. The standard InChI is InChI=1S/C28H22N4O2/c1-17-12-18(2)28(33)21(13-17)23-15-24(30-29-23)22-16-32(20-9-4-3-5-10-20)31-27(22)26-14-19-8-6-7-11-25(19)34-26/h3-16,33H,1-2H3,(H,29,30). The van der Waals surface area contributed by atoms with Crippen molar-refractivity contribution in [2.75, 3.05) is 0 Å². The molecule has 0 spiro atoms. The van der Waals surface area contributed by atoms with Crippen molar-refractivity contribution in [1.29, 1.82) is 0 Å². The predicted molar refractivity (Wildman–Crippen MR) is 133 cm³/mol. The molecule has 0 radical (unpaired) electrons. The van der Waals surface area contributed by atoms with Gasteiger partial charge in [0, 0.05) is 17.1 Å². The molecule has 0 unspecified atom stereocenters. The molecule has 34 heavy (non-hydrogen) atoms. The number of phenols is 1. The maximum atomic E-state index is 10.6. The third kappa shape index (κ3) is 3.36. The number of phenolic OH excluding ortho intramolecular Hbond substituents is 1. The second-order valence-corrected chi connectivity index (χ2v) is 8.46. The van der Waals surface area contributed by atoms with Crippen LogP contribution in [0.2, 0.25) is 0 Å². The van der Waals surface area contributed by atoms with Crippen molar-refractivity contribution in [1.82, 2.24) is 20.0 Å². The monoisotopic (exact) mass is 446 g/mol. The maximum absolute atomic E-state index is 10.6. The van der Waals surface area contributed by atoms with Gasteiger partial charge in [-0.05, 0) is 61.4 Å². The summed E-state index contributed by atoms with van der Waals surface area (Å²) in [6.45, 7) is 3.91. The summed E-state index contributed by atoms with van der Waals surface area (Å²) in [6.07, 6.45) is 1.96. The molecule has 166 valence electrons. The molecule has 3 aromatic carbocycles. The van der Waals surface area contributed by atoms with Crippen LogP contribution in [-0.2, 0) is 0 Å². The number of nitrogens with zero attached hydrogens (tertiary/aromatic N) is 3. The number of aryl methyl sites for hydroxylation is 2. The molecule has 0 saturated heterocycles. The number of H-pyrrole nitrogens is 1. The van der Waals surface area contributed by atoms with Gasteiger partial charge in [-0.25, -0.2) is 4.68 Å². The highest BCUT2D eigenvalue weighted by Gasteiger charge is 2.21. The minimum Gasteiger partial charge on any atom is -0.507 e. The molecule has 0 amide bonds. The quantitative estimate of drug-likeness (QED) is 0.317. The molecule has 0 fully saturated rings. The molecule has 6 aromatic rings. The van der Waals surface area contributed by atoms with Gasteiger partial charge in [-0.1, -0.05) is 42.5 Å². The summed E-state index contributed by atoms with van der Waals surface area (Å²) in [5.41, 5.74) is 7.34. The highest BCUT2D eigenvalue weighted by atomic mass is 16.3. The Morgan fingerprint density at radius 1 is 0.882 bits per heavy atom. The van der Waals surface area contributed by atoms with Crippen LogP contribution in [0.25, 0.3) is 50.6 Å². The smallest absolute Gasteiger partial charge is 0.156 e. The fraction of sp³-hybridized carbons (Fsp3) is 0.0714. The Balaban J connectivity index is 1.52. The van der Waals surface area contributed by atoms with Crippen LogP contribution in [-0.4, -0.2) is 25.1 Å². The summed E-state index contributed by atoms with van der Waals surface area (Å²) in [4.78, 5) is 0. The first-order valence-corrected chi connectivity index (χ1v) is 11.1. The Labute approximate surface area is 196 Å². The van der Waals surface area contributed by atoms with E-state index >= 15 is 0 Å². The molecular weight excluding hydrogens is 424 g/mol. The van der Waals surface area contributed by atoms with E-state index in [1.807, 2.05) is 104 Å². The fourth-order valence-corrected chi connectivity index (χ4v) is 4.32. The van der Waals surface area contributed by atoms with Crippen LogP contribution in [0.4, 0.5) is 0 Å². The lowest BCUT2D eigenvalue weighted by molar-refractivity contribution is 0.473. The highest BCUT2D eigenvalue weighted by molar-refractivity contribution is 5.86. The molecule has 0 bridgehead atoms. The van der Waals surface area contributed by atoms with Crippen molar-refractivity contribution in [3.8, 4) is 45.4 Å². The van der Waals surface area contributed by atoms with Crippen LogP contribution in [0, 0.1) is 13.8 Å². The Kier molecular flexibility index (Phi) is 4.59. The van der Waals surface area contributed by atoms with Gasteiger partial charge in [-0.2, -0.15) is 10.2 Å². The van der Waals surface area contributed by atoms with Crippen molar-refractivity contribution < 1.29 is 9.52 Å². The van der Waals surface area contributed by atoms with E-state index in [0.717, 1.165) is 44.6 Å². The Bertz CT molecular complexity index is 1610. The predicted octanol–water partition coefficient (Wildman–Crippen LogP) is 6.67. The number of aromatic amines is 1. The van der Waals surface area contributed by atoms with Gasteiger partial charge in [0.25, 0.3) is 0 Å². The molecule has 0 aliphatic rings. The Morgan fingerprint density at radius 3 is 2.50 bits per heavy atom. The lowest BCUT2D eigenvalue weighted by atomic mass is 10.0. The topological polar surface area (TPSA) is 79.9 Å². The number of aromatic hydroxyl groups is 1. The minimum absolute atomic E-state index is 0.248. The molecule has 2 N–H and O–H groups in total. The molecule has 6 rings (SSSR count). The molecule has 0 saturated carbocycles. The summed E-state index contributed by atoms with van der Waals surface area (Å²) in [7, 11) is 0. The number of hydrogen-bond acceptors (Lipinski definition) is 4. The van der Waals surface area contributed by atoms with Gasteiger partial charge in [0.05, 0.1) is 22.6 Å². The van der Waals surface area contributed by atoms with Crippen molar-refractivity contribution in [3.05, 3.63) is 96.2 Å². The van der Waals surface area contributed by atoms with Crippen molar-refractivity contribution in [2.24, 2.45) is 0 Å². The van der Waals surface area contributed by atoms with Crippen LogP contribution >= 0.6 is 0 Å². The number of furan rings is 1. The van der Waals surface area contributed by atoms with Gasteiger partial charge in [0.1, 0.15) is 17.0 Å². The first-order valence-electron chi connectivity index (χ1n) is 11.1. The number of fused-ring (bicyclic) bond motifs is 1. The average Bonchev–Trinajstić information content (AvgIpc) is 3.59. The Morgan fingerprint density at radius 2 is 1.68 bits per heavy atom. The molecule has 6 heteroatoms. The number of benzene rings is 3. The van der Waals surface area contributed by atoms with Gasteiger partial charge in [-0.3, -0.25) is 5.10 Å². The molecule has 0 aliphatic heterocycles. The number of nitrogens with one attached hydrogen (secondary N) is 1. The highest BCUT2D eigenvalue weighted by Crippen LogP contribution is 2.37. The SMILES string of the molecule is Cc1cc(C)c(O)c(-c2cc(-c3cn(-c4ccccc4)nc3-c3cc4ccccc4o3)n[nH]2)c1. The third-order valence-electron chi connectivity index (χ3n) is 5.98. The van der Waals surface area contributed by atoms with Crippen LogP contribution in [0.1, 0.15) is 11.1 Å². The Hall–Kier alpha value is -4.58. The molecule has 0 aliphatic carbocycles. The average molecular weight is 447 g/mol. The van der Waals surface area contributed by atoms with E-state index in [1.165, 1.54) is 0 Å². The molecular formula is C28H22N4O2. The molecule has 6 nitrogen and oxygen atoms in total. The number of rotatable bonds is 4. The van der Waals surface area contributed by atoms with E-state index in [-0.39, 0.29) is 5.75 Å². The number of hydrogen-bond donors (Lipinski definition) is 2. The fourth-order valence-electron chi connectivity index (χ4n) is 4.32. The van der Waals surface area contributed by atoms with Crippen LogP contribution in [0.15, 0.2) is 89.5 Å². The first-order chi connectivity index (χ1) is 16.6. The van der Waals surface area contributed by atoms with Crippen molar-refractivity contribution in [3.63, 3.8) is 0 Å². The normalized spacial score (nSPS) is 11.4. The zero-order chi connectivity index (χ0) is 23.2. The maximum Gasteiger partial charge on any atom is 0.156 e. The van der Waals surface area contributed by atoms with E-state index in [9.17, 15) is 5.11 Å². The molecule has 3 aromatic heterocycles. The first kappa shape index (κ1) is 20.1.